The van der Waals surface area contributed by atoms with Gasteiger partial charge >= 0.3 is 5.97 Å². The second-order valence-corrected chi connectivity index (χ2v) is 5.05. The quantitative estimate of drug-likeness (QED) is 0.772. The standard InChI is InChI=1S/C12H19NO4/c14-10(15)8-12(5-1-2-6-12)13-11(16)9-4-3-7-17-9/h9H,1-8H2,(H,13,16)(H,14,15). The highest BCUT2D eigenvalue weighted by atomic mass is 16.5. The molecule has 0 aromatic heterocycles. The van der Waals surface area contributed by atoms with Gasteiger partial charge < -0.3 is 15.2 Å². The second kappa shape index (κ2) is 5.04. The van der Waals surface area contributed by atoms with Crippen LogP contribution < -0.4 is 5.32 Å². The van der Waals surface area contributed by atoms with E-state index in [2.05, 4.69) is 5.32 Å². The zero-order valence-electron chi connectivity index (χ0n) is 9.91. The van der Waals surface area contributed by atoms with Crippen LogP contribution in [0.25, 0.3) is 0 Å². The van der Waals surface area contributed by atoms with E-state index >= 15 is 0 Å². The van der Waals surface area contributed by atoms with E-state index in [-0.39, 0.29) is 18.4 Å². The number of amides is 1. The molecule has 1 unspecified atom stereocenters. The van der Waals surface area contributed by atoms with E-state index in [1.165, 1.54) is 0 Å². The Morgan fingerprint density at radius 1 is 1.29 bits per heavy atom. The smallest absolute Gasteiger partial charge is 0.305 e. The van der Waals surface area contributed by atoms with Crippen molar-refractivity contribution in [1.29, 1.82) is 0 Å². The van der Waals surface area contributed by atoms with Crippen molar-refractivity contribution in [3.63, 3.8) is 0 Å². The Morgan fingerprint density at radius 2 is 2.00 bits per heavy atom. The van der Waals surface area contributed by atoms with Crippen molar-refractivity contribution in [2.24, 2.45) is 0 Å². The third-order valence-corrected chi connectivity index (χ3v) is 3.66. The zero-order valence-corrected chi connectivity index (χ0v) is 9.91. The van der Waals surface area contributed by atoms with Crippen LogP contribution >= 0.6 is 0 Å². The van der Waals surface area contributed by atoms with Gasteiger partial charge in [-0.05, 0) is 25.7 Å². The zero-order chi connectivity index (χ0) is 12.3. The van der Waals surface area contributed by atoms with Crippen molar-refractivity contribution >= 4 is 11.9 Å². The molecule has 0 spiro atoms. The summed E-state index contributed by atoms with van der Waals surface area (Å²) in [6.07, 6.45) is 4.79. The molecule has 0 bridgehead atoms. The number of nitrogens with one attached hydrogen (secondary N) is 1. The van der Waals surface area contributed by atoms with Crippen LogP contribution in [0.1, 0.15) is 44.9 Å². The number of rotatable bonds is 4. The summed E-state index contributed by atoms with van der Waals surface area (Å²) in [4.78, 5) is 22.8. The van der Waals surface area contributed by atoms with E-state index in [1.807, 2.05) is 0 Å². The van der Waals surface area contributed by atoms with Crippen molar-refractivity contribution in [2.75, 3.05) is 6.61 Å². The maximum atomic E-state index is 12.0. The van der Waals surface area contributed by atoms with Crippen LogP contribution in [0.5, 0.6) is 0 Å². The molecule has 1 aliphatic heterocycles. The van der Waals surface area contributed by atoms with Crippen molar-refractivity contribution in [3.8, 4) is 0 Å². The number of carbonyl (C=O) groups excluding carboxylic acids is 1. The molecule has 1 amide bonds. The van der Waals surface area contributed by atoms with E-state index in [9.17, 15) is 9.59 Å². The molecule has 2 rings (SSSR count). The Labute approximate surface area is 101 Å². The Kier molecular flexibility index (Phi) is 3.66. The summed E-state index contributed by atoms with van der Waals surface area (Å²) < 4.78 is 5.32. The van der Waals surface area contributed by atoms with Crippen LogP contribution in [0.15, 0.2) is 0 Å². The van der Waals surface area contributed by atoms with Crippen molar-refractivity contribution in [2.45, 2.75) is 56.6 Å². The number of ether oxygens (including phenoxy) is 1. The molecule has 1 saturated heterocycles. The SMILES string of the molecule is O=C(O)CC1(NC(=O)C2CCCO2)CCCC1. The summed E-state index contributed by atoms with van der Waals surface area (Å²) in [6.45, 7) is 0.629. The monoisotopic (exact) mass is 241 g/mol. The summed E-state index contributed by atoms with van der Waals surface area (Å²) in [7, 11) is 0. The minimum absolute atomic E-state index is 0.0193. The molecule has 0 aromatic carbocycles. The molecule has 1 saturated carbocycles. The lowest BCUT2D eigenvalue weighted by molar-refractivity contribution is -0.140. The van der Waals surface area contributed by atoms with Gasteiger partial charge in [0.25, 0.3) is 0 Å². The van der Waals surface area contributed by atoms with Gasteiger partial charge in [-0.1, -0.05) is 12.8 Å². The summed E-state index contributed by atoms with van der Waals surface area (Å²) in [5.41, 5.74) is -0.533. The third kappa shape index (κ3) is 2.97. The molecule has 0 aromatic rings. The Balaban J connectivity index is 1.97. The van der Waals surface area contributed by atoms with Crippen molar-refractivity contribution in [3.05, 3.63) is 0 Å². The van der Waals surface area contributed by atoms with Gasteiger partial charge in [0.1, 0.15) is 6.10 Å². The van der Waals surface area contributed by atoms with E-state index < -0.39 is 11.5 Å². The van der Waals surface area contributed by atoms with Crippen LogP contribution in [0.2, 0.25) is 0 Å². The fourth-order valence-electron chi connectivity index (χ4n) is 2.81. The van der Waals surface area contributed by atoms with Gasteiger partial charge in [0, 0.05) is 6.61 Å². The largest absolute Gasteiger partial charge is 0.481 e. The average molecular weight is 241 g/mol. The molecule has 96 valence electrons. The topological polar surface area (TPSA) is 75.6 Å². The molecule has 17 heavy (non-hydrogen) atoms. The van der Waals surface area contributed by atoms with Crippen molar-refractivity contribution < 1.29 is 19.4 Å². The highest BCUT2D eigenvalue weighted by Gasteiger charge is 2.39. The van der Waals surface area contributed by atoms with Crippen LogP contribution in [-0.4, -0.2) is 35.2 Å². The summed E-state index contributed by atoms with van der Waals surface area (Å²) in [5.74, 6) is -0.981. The maximum absolute atomic E-state index is 12.0. The molecule has 1 aliphatic carbocycles. The van der Waals surface area contributed by atoms with Crippen LogP contribution in [-0.2, 0) is 14.3 Å². The lowest BCUT2D eigenvalue weighted by Gasteiger charge is -2.29. The number of carbonyl (C=O) groups is 2. The summed E-state index contributed by atoms with van der Waals surface area (Å²) in [6, 6.07) is 0. The average Bonchev–Trinajstić information content (AvgIpc) is 2.86. The lowest BCUT2D eigenvalue weighted by Crippen LogP contribution is -2.51. The van der Waals surface area contributed by atoms with Gasteiger partial charge in [-0.25, -0.2) is 0 Å². The molecular weight excluding hydrogens is 222 g/mol. The highest BCUT2D eigenvalue weighted by Crippen LogP contribution is 2.33. The summed E-state index contributed by atoms with van der Waals surface area (Å²) in [5, 5.41) is 11.9. The van der Waals surface area contributed by atoms with Gasteiger partial charge in [0.05, 0.1) is 12.0 Å². The molecule has 5 heteroatoms. The van der Waals surface area contributed by atoms with Gasteiger partial charge in [-0.2, -0.15) is 0 Å². The van der Waals surface area contributed by atoms with Crippen LogP contribution in [0.4, 0.5) is 0 Å². The Bertz CT molecular complexity index is 304. The first-order valence-corrected chi connectivity index (χ1v) is 6.27. The van der Waals surface area contributed by atoms with Gasteiger partial charge in [0.2, 0.25) is 5.91 Å². The molecular formula is C12H19NO4. The lowest BCUT2D eigenvalue weighted by atomic mass is 9.92. The number of hydrogen-bond acceptors (Lipinski definition) is 3. The van der Waals surface area contributed by atoms with E-state index in [0.717, 1.165) is 38.5 Å². The predicted octanol–water partition coefficient (Wildman–Crippen LogP) is 1.07. The van der Waals surface area contributed by atoms with E-state index in [1.54, 1.807) is 0 Å². The number of aliphatic carboxylic acids is 1. The van der Waals surface area contributed by atoms with E-state index in [0.29, 0.717) is 6.61 Å². The molecule has 1 heterocycles. The molecule has 5 nitrogen and oxygen atoms in total. The third-order valence-electron chi connectivity index (χ3n) is 3.66. The predicted molar refractivity (Wildman–Crippen MR) is 60.6 cm³/mol. The van der Waals surface area contributed by atoms with Gasteiger partial charge in [-0.3, -0.25) is 9.59 Å². The minimum atomic E-state index is -0.848. The number of hydrogen-bond donors (Lipinski definition) is 2. The molecule has 1 atom stereocenters. The normalized spacial score (nSPS) is 26.9. The summed E-state index contributed by atoms with van der Waals surface area (Å²) >= 11 is 0. The van der Waals surface area contributed by atoms with Crippen LogP contribution in [0, 0.1) is 0 Å². The van der Waals surface area contributed by atoms with E-state index in [4.69, 9.17) is 9.84 Å². The molecule has 0 radical (unpaired) electrons. The fourth-order valence-corrected chi connectivity index (χ4v) is 2.81. The minimum Gasteiger partial charge on any atom is -0.481 e. The first kappa shape index (κ1) is 12.4. The van der Waals surface area contributed by atoms with Crippen molar-refractivity contribution in [1.82, 2.24) is 5.32 Å². The maximum Gasteiger partial charge on any atom is 0.305 e. The highest BCUT2D eigenvalue weighted by molar-refractivity contribution is 5.82. The molecule has 2 fully saturated rings. The van der Waals surface area contributed by atoms with Gasteiger partial charge in [-0.15, -0.1) is 0 Å². The van der Waals surface area contributed by atoms with Gasteiger partial charge in [0.15, 0.2) is 0 Å². The first-order chi connectivity index (χ1) is 8.11. The second-order valence-electron chi connectivity index (χ2n) is 5.05. The fraction of sp³-hybridized carbons (Fsp3) is 0.833. The first-order valence-electron chi connectivity index (χ1n) is 6.27. The molecule has 2 aliphatic rings. The Morgan fingerprint density at radius 3 is 2.53 bits per heavy atom. The van der Waals surface area contributed by atoms with Crippen LogP contribution in [0.3, 0.4) is 0 Å². The number of carboxylic acid groups (broad SMARTS) is 1. The Hall–Kier alpha value is -1.10. The molecule has 2 N–H and O–H groups in total. The number of carboxylic acids is 1.